The SMILES string of the molecule is Cc1cccc(C)c1Nc1ncc(C(=O)NCc2ccccc2Cl)cn1. The van der Waals surface area contributed by atoms with E-state index >= 15 is 0 Å². The number of aryl methyl sites for hydroxylation is 2. The Morgan fingerprint density at radius 2 is 1.65 bits per heavy atom. The van der Waals surface area contributed by atoms with Crippen molar-refractivity contribution in [3.8, 4) is 0 Å². The summed E-state index contributed by atoms with van der Waals surface area (Å²) in [6.07, 6.45) is 3.01. The van der Waals surface area contributed by atoms with Gasteiger partial charge < -0.3 is 10.6 Å². The van der Waals surface area contributed by atoms with E-state index in [1.807, 2.05) is 50.2 Å². The lowest BCUT2D eigenvalue weighted by Crippen LogP contribution is -2.23. The van der Waals surface area contributed by atoms with E-state index in [4.69, 9.17) is 11.6 Å². The first-order valence-electron chi connectivity index (χ1n) is 8.21. The molecule has 26 heavy (non-hydrogen) atoms. The molecule has 1 amide bonds. The largest absolute Gasteiger partial charge is 0.348 e. The van der Waals surface area contributed by atoms with Crippen molar-refractivity contribution in [1.82, 2.24) is 15.3 Å². The number of benzene rings is 2. The second-order valence-corrected chi connectivity index (χ2v) is 6.37. The van der Waals surface area contributed by atoms with Gasteiger partial charge in [0.05, 0.1) is 5.56 Å². The highest BCUT2D eigenvalue weighted by Gasteiger charge is 2.09. The number of carbonyl (C=O) groups excluding carboxylic acids is 1. The van der Waals surface area contributed by atoms with Gasteiger partial charge in [-0.1, -0.05) is 48.0 Å². The number of anilines is 2. The fourth-order valence-electron chi connectivity index (χ4n) is 2.55. The summed E-state index contributed by atoms with van der Waals surface area (Å²) in [4.78, 5) is 20.7. The molecule has 0 saturated carbocycles. The van der Waals surface area contributed by atoms with Gasteiger partial charge in [-0.05, 0) is 36.6 Å². The molecule has 0 unspecified atom stereocenters. The van der Waals surface area contributed by atoms with Crippen molar-refractivity contribution in [3.05, 3.63) is 82.1 Å². The number of para-hydroxylation sites is 1. The maximum Gasteiger partial charge on any atom is 0.254 e. The van der Waals surface area contributed by atoms with Crippen LogP contribution in [-0.4, -0.2) is 15.9 Å². The number of aromatic nitrogens is 2. The highest BCUT2D eigenvalue weighted by atomic mass is 35.5. The predicted molar refractivity (Wildman–Crippen MR) is 104 cm³/mol. The smallest absolute Gasteiger partial charge is 0.254 e. The Labute approximate surface area is 157 Å². The lowest BCUT2D eigenvalue weighted by atomic mass is 10.1. The van der Waals surface area contributed by atoms with Gasteiger partial charge >= 0.3 is 0 Å². The number of nitrogens with zero attached hydrogens (tertiary/aromatic N) is 2. The summed E-state index contributed by atoms with van der Waals surface area (Å²) in [5, 5.41) is 6.64. The molecule has 1 aromatic heterocycles. The Hall–Kier alpha value is -2.92. The number of carbonyl (C=O) groups is 1. The highest BCUT2D eigenvalue weighted by molar-refractivity contribution is 6.31. The Balaban J connectivity index is 1.65. The molecule has 0 bridgehead atoms. The van der Waals surface area contributed by atoms with Crippen LogP contribution in [0.3, 0.4) is 0 Å². The molecular formula is C20H19ClN4O. The first kappa shape index (κ1) is 17.9. The van der Waals surface area contributed by atoms with Crippen LogP contribution in [0, 0.1) is 13.8 Å². The Morgan fingerprint density at radius 1 is 1.00 bits per heavy atom. The summed E-state index contributed by atoms with van der Waals surface area (Å²) < 4.78 is 0. The van der Waals surface area contributed by atoms with Crippen LogP contribution < -0.4 is 10.6 Å². The normalized spacial score (nSPS) is 10.4. The molecule has 5 nitrogen and oxygen atoms in total. The first-order valence-corrected chi connectivity index (χ1v) is 8.59. The maximum absolute atomic E-state index is 12.3. The average Bonchev–Trinajstić information content (AvgIpc) is 2.64. The molecule has 3 rings (SSSR count). The summed E-state index contributed by atoms with van der Waals surface area (Å²) in [6, 6.07) is 13.4. The fraction of sp³-hybridized carbons (Fsp3) is 0.150. The third-order valence-corrected chi connectivity index (χ3v) is 4.40. The van der Waals surface area contributed by atoms with Gasteiger partial charge in [0.2, 0.25) is 5.95 Å². The second-order valence-electron chi connectivity index (χ2n) is 5.96. The van der Waals surface area contributed by atoms with Crippen molar-refractivity contribution in [2.24, 2.45) is 0 Å². The van der Waals surface area contributed by atoms with Crippen molar-refractivity contribution in [2.45, 2.75) is 20.4 Å². The van der Waals surface area contributed by atoms with E-state index in [0.29, 0.717) is 23.1 Å². The quantitative estimate of drug-likeness (QED) is 0.701. The minimum Gasteiger partial charge on any atom is -0.348 e. The summed E-state index contributed by atoms with van der Waals surface area (Å²) >= 11 is 6.09. The number of hydrogen-bond acceptors (Lipinski definition) is 4. The molecule has 0 saturated heterocycles. The Kier molecular flexibility index (Phi) is 5.49. The zero-order valence-corrected chi connectivity index (χ0v) is 15.3. The summed E-state index contributed by atoms with van der Waals surface area (Å²) in [5.74, 6) is 0.202. The minimum atomic E-state index is -0.247. The van der Waals surface area contributed by atoms with E-state index in [1.54, 1.807) is 6.07 Å². The van der Waals surface area contributed by atoms with Gasteiger partial charge in [0.1, 0.15) is 0 Å². The van der Waals surface area contributed by atoms with Gasteiger partial charge in [-0.25, -0.2) is 9.97 Å². The van der Waals surface area contributed by atoms with Gasteiger partial charge in [-0.3, -0.25) is 4.79 Å². The van der Waals surface area contributed by atoms with Crippen molar-refractivity contribution in [2.75, 3.05) is 5.32 Å². The lowest BCUT2D eigenvalue weighted by molar-refractivity contribution is 0.0950. The van der Waals surface area contributed by atoms with E-state index < -0.39 is 0 Å². The van der Waals surface area contributed by atoms with Crippen LogP contribution in [-0.2, 0) is 6.54 Å². The fourth-order valence-corrected chi connectivity index (χ4v) is 2.76. The number of amides is 1. The van der Waals surface area contributed by atoms with Crippen molar-refractivity contribution >= 4 is 29.1 Å². The average molecular weight is 367 g/mol. The number of halogens is 1. The van der Waals surface area contributed by atoms with Gasteiger partial charge in [0.25, 0.3) is 5.91 Å². The van der Waals surface area contributed by atoms with Crippen LogP contribution in [0.2, 0.25) is 5.02 Å². The number of rotatable bonds is 5. The molecule has 1 heterocycles. The van der Waals surface area contributed by atoms with Gasteiger partial charge in [-0.15, -0.1) is 0 Å². The molecule has 132 valence electrons. The summed E-state index contributed by atoms with van der Waals surface area (Å²) in [7, 11) is 0. The van der Waals surface area contributed by atoms with E-state index in [9.17, 15) is 4.79 Å². The molecule has 6 heteroatoms. The van der Waals surface area contributed by atoms with E-state index in [1.165, 1.54) is 12.4 Å². The minimum absolute atomic E-state index is 0.247. The van der Waals surface area contributed by atoms with E-state index in [0.717, 1.165) is 22.4 Å². The third-order valence-electron chi connectivity index (χ3n) is 4.03. The van der Waals surface area contributed by atoms with Gasteiger partial charge in [0, 0.05) is 29.6 Å². The first-order chi connectivity index (χ1) is 12.5. The Morgan fingerprint density at radius 3 is 2.31 bits per heavy atom. The standard InChI is InChI=1S/C20H19ClN4O/c1-13-6-5-7-14(2)18(13)25-20-23-11-16(12-24-20)19(26)22-10-15-8-3-4-9-17(15)21/h3-9,11-12H,10H2,1-2H3,(H,22,26)(H,23,24,25). The summed E-state index contributed by atoms with van der Waals surface area (Å²) in [5.41, 5.74) is 4.44. The van der Waals surface area contributed by atoms with Crippen LogP contribution in [0.15, 0.2) is 54.9 Å². The molecule has 0 aliphatic heterocycles. The lowest BCUT2D eigenvalue weighted by Gasteiger charge is -2.11. The van der Waals surface area contributed by atoms with E-state index in [2.05, 4.69) is 20.6 Å². The molecule has 2 N–H and O–H groups in total. The Bertz CT molecular complexity index is 905. The second kappa shape index (κ2) is 7.97. The molecule has 0 aliphatic carbocycles. The summed E-state index contributed by atoms with van der Waals surface area (Å²) in [6.45, 7) is 4.39. The van der Waals surface area contributed by atoms with Crippen LogP contribution in [0.1, 0.15) is 27.0 Å². The highest BCUT2D eigenvalue weighted by Crippen LogP contribution is 2.22. The third kappa shape index (κ3) is 4.18. The topological polar surface area (TPSA) is 66.9 Å². The molecule has 0 spiro atoms. The van der Waals surface area contributed by atoms with Crippen LogP contribution in [0.5, 0.6) is 0 Å². The molecule has 0 radical (unpaired) electrons. The molecule has 0 aliphatic rings. The van der Waals surface area contributed by atoms with Crippen LogP contribution in [0.25, 0.3) is 0 Å². The van der Waals surface area contributed by atoms with Gasteiger partial charge in [-0.2, -0.15) is 0 Å². The van der Waals surface area contributed by atoms with Crippen LogP contribution >= 0.6 is 11.6 Å². The monoisotopic (exact) mass is 366 g/mol. The molecular weight excluding hydrogens is 348 g/mol. The predicted octanol–water partition coefficient (Wildman–Crippen LogP) is 4.42. The molecule has 3 aromatic rings. The molecule has 0 atom stereocenters. The van der Waals surface area contributed by atoms with E-state index in [-0.39, 0.29) is 5.91 Å². The van der Waals surface area contributed by atoms with Gasteiger partial charge in [0.15, 0.2) is 0 Å². The number of nitrogens with one attached hydrogen (secondary N) is 2. The zero-order valence-electron chi connectivity index (χ0n) is 14.6. The molecule has 2 aromatic carbocycles. The van der Waals surface area contributed by atoms with Crippen LogP contribution in [0.4, 0.5) is 11.6 Å². The zero-order chi connectivity index (χ0) is 18.5. The van der Waals surface area contributed by atoms with Crippen molar-refractivity contribution < 1.29 is 4.79 Å². The van der Waals surface area contributed by atoms with Crippen molar-refractivity contribution in [1.29, 1.82) is 0 Å². The molecule has 0 fully saturated rings. The number of hydrogen-bond donors (Lipinski definition) is 2. The van der Waals surface area contributed by atoms with Crippen molar-refractivity contribution in [3.63, 3.8) is 0 Å². The maximum atomic E-state index is 12.3.